The van der Waals surface area contributed by atoms with E-state index < -0.39 is 5.24 Å². The van der Waals surface area contributed by atoms with Gasteiger partial charge in [0.1, 0.15) is 0 Å². The topological polar surface area (TPSA) is 17.1 Å². The molecule has 0 bridgehead atoms. The number of halogens is 1. The molecule has 2 aromatic carbocycles. The van der Waals surface area contributed by atoms with Crippen molar-refractivity contribution >= 4 is 16.8 Å². The predicted octanol–water partition coefficient (Wildman–Crippen LogP) is 6.25. The maximum absolute atomic E-state index is 11.1. The molecule has 0 aliphatic carbocycles. The van der Waals surface area contributed by atoms with Gasteiger partial charge in [0.15, 0.2) is 0 Å². The number of unbranched alkanes of at least 4 members (excludes halogenated alkanes) is 4. The molecule has 0 N–H and O–H groups in total. The fraction of sp³-hybridized carbons (Fsp3) is 0.350. The van der Waals surface area contributed by atoms with Crippen LogP contribution in [0.5, 0.6) is 0 Å². The number of hydrogen-bond donors (Lipinski definition) is 0. The maximum Gasteiger partial charge on any atom is 0.252 e. The van der Waals surface area contributed by atoms with Crippen molar-refractivity contribution in [2.45, 2.75) is 45.4 Å². The number of hydrogen-bond acceptors (Lipinski definition) is 1. The first-order valence-corrected chi connectivity index (χ1v) is 8.47. The van der Waals surface area contributed by atoms with Gasteiger partial charge in [-0.05, 0) is 53.3 Å². The highest BCUT2D eigenvalue weighted by Crippen LogP contribution is 2.21. The fourth-order valence-electron chi connectivity index (χ4n) is 2.59. The molecule has 2 heteroatoms. The molecule has 0 fully saturated rings. The zero-order chi connectivity index (χ0) is 15.8. The molecule has 0 amide bonds. The van der Waals surface area contributed by atoms with Crippen molar-refractivity contribution in [2.75, 3.05) is 0 Å². The number of rotatable bonds is 8. The summed E-state index contributed by atoms with van der Waals surface area (Å²) in [5.41, 5.74) is 4.21. The highest BCUT2D eigenvalue weighted by atomic mass is 35.5. The highest BCUT2D eigenvalue weighted by Gasteiger charge is 2.03. The molecule has 0 heterocycles. The van der Waals surface area contributed by atoms with Crippen molar-refractivity contribution in [1.29, 1.82) is 0 Å². The fourth-order valence-corrected chi connectivity index (χ4v) is 2.72. The predicted molar refractivity (Wildman–Crippen MR) is 94.5 cm³/mol. The van der Waals surface area contributed by atoms with Gasteiger partial charge in [0.25, 0.3) is 5.24 Å². The van der Waals surface area contributed by atoms with E-state index in [0.29, 0.717) is 5.56 Å². The standard InChI is InChI=1S/C20H23ClO/c1-2-3-4-5-6-7-16-8-10-17(11-9-16)18-12-14-19(15-13-18)20(21)22/h8-15H,2-7H2,1H3. The molecule has 2 aromatic rings. The lowest BCUT2D eigenvalue weighted by atomic mass is 10.0. The molecule has 0 aliphatic rings. The Balaban J connectivity index is 1.92. The van der Waals surface area contributed by atoms with Crippen LogP contribution < -0.4 is 0 Å². The summed E-state index contributed by atoms with van der Waals surface area (Å²) in [4.78, 5) is 11.1. The maximum atomic E-state index is 11.1. The Morgan fingerprint density at radius 3 is 1.91 bits per heavy atom. The van der Waals surface area contributed by atoms with Gasteiger partial charge in [-0.15, -0.1) is 0 Å². The van der Waals surface area contributed by atoms with Gasteiger partial charge in [-0.1, -0.05) is 69.0 Å². The van der Waals surface area contributed by atoms with E-state index in [1.165, 1.54) is 43.2 Å². The SMILES string of the molecule is CCCCCCCc1ccc(-c2ccc(C(=O)Cl)cc2)cc1. The summed E-state index contributed by atoms with van der Waals surface area (Å²) in [7, 11) is 0. The van der Waals surface area contributed by atoms with Gasteiger partial charge >= 0.3 is 0 Å². The van der Waals surface area contributed by atoms with Crippen molar-refractivity contribution in [3.63, 3.8) is 0 Å². The van der Waals surface area contributed by atoms with E-state index in [0.717, 1.165) is 12.0 Å². The monoisotopic (exact) mass is 314 g/mol. The number of aryl methyl sites for hydroxylation is 1. The first-order chi connectivity index (χ1) is 10.7. The van der Waals surface area contributed by atoms with Crippen LogP contribution in [0.15, 0.2) is 48.5 Å². The average Bonchev–Trinajstić information content (AvgIpc) is 2.55. The summed E-state index contributed by atoms with van der Waals surface area (Å²) in [6, 6.07) is 16.1. The van der Waals surface area contributed by atoms with Gasteiger partial charge in [-0.25, -0.2) is 0 Å². The van der Waals surface area contributed by atoms with Crippen LogP contribution in [0.2, 0.25) is 0 Å². The molecule has 0 saturated carbocycles. The summed E-state index contributed by atoms with van der Waals surface area (Å²) in [5, 5.41) is -0.412. The van der Waals surface area contributed by atoms with E-state index in [9.17, 15) is 4.79 Å². The average molecular weight is 315 g/mol. The Kier molecular flexibility index (Phi) is 6.67. The van der Waals surface area contributed by atoms with Gasteiger partial charge in [0, 0.05) is 5.56 Å². The van der Waals surface area contributed by atoms with Crippen LogP contribution in [0.3, 0.4) is 0 Å². The smallest absolute Gasteiger partial charge is 0.252 e. The molecule has 0 spiro atoms. The number of carbonyl (C=O) groups is 1. The Bertz CT molecular complexity index is 584. The molecule has 0 unspecified atom stereocenters. The zero-order valence-corrected chi connectivity index (χ0v) is 13.9. The quantitative estimate of drug-likeness (QED) is 0.416. The molecular weight excluding hydrogens is 292 g/mol. The van der Waals surface area contributed by atoms with E-state index in [-0.39, 0.29) is 0 Å². The largest absolute Gasteiger partial charge is 0.276 e. The van der Waals surface area contributed by atoms with Crippen LogP contribution in [-0.4, -0.2) is 5.24 Å². The van der Waals surface area contributed by atoms with E-state index in [1.807, 2.05) is 12.1 Å². The molecular formula is C20H23ClO. The summed E-state index contributed by atoms with van der Waals surface area (Å²) >= 11 is 5.46. The Morgan fingerprint density at radius 2 is 1.36 bits per heavy atom. The molecule has 0 saturated heterocycles. The van der Waals surface area contributed by atoms with Gasteiger partial charge in [-0.3, -0.25) is 4.79 Å². The second-order valence-corrected chi connectivity index (χ2v) is 6.06. The summed E-state index contributed by atoms with van der Waals surface area (Å²) in [5.74, 6) is 0. The third kappa shape index (κ3) is 4.99. The minimum absolute atomic E-state index is 0.412. The van der Waals surface area contributed by atoms with Crippen LogP contribution in [0, 0.1) is 0 Å². The molecule has 22 heavy (non-hydrogen) atoms. The minimum Gasteiger partial charge on any atom is -0.276 e. The molecule has 0 atom stereocenters. The van der Waals surface area contributed by atoms with Crippen molar-refractivity contribution in [2.24, 2.45) is 0 Å². The van der Waals surface area contributed by atoms with Gasteiger partial charge in [0.05, 0.1) is 0 Å². The molecule has 1 nitrogen and oxygen atoms in total. The van der Waals surface area contributed by atoms with Crippen LogP contribution in [-0.2, 0) is 6.42 Å². The normalized spacial score (nSPS) is 10.6. The van der Waals surface area contributed by atoms with Crippen LogP contribution in [0.1, 0.15) is 54.9 Å². The van der Waals surface area contributed by atoms with Crippen molar-refractivity contribution < 1.29 is 4.79 Å². The Morgan fingerprint density at radius 1 is 0.818 bits per heavy atom. The van der Waals surface area contributed by atoms with Crippen LogP contribution in [0.25, 0.3) is 11.1 Å². The van der Waals surface area contributed by atoms with E-state index in [2.05, 4.69) is 31.2 Å². The van der Waals surface area contributed by atoms with Gasteiger partial charge in [0.2, 0.25) is 0 Å². The molecule has 2 rings (SSSR count). The van der Waals surface area contributed by atoms with Crippen LogP contribution in [0.4, 0.5) is 0 Å². The van der Waals surface area contributed by atoms with E-state index in [1.54, 1.807) is 12.1 Å². The zero-order valence-electron chi connectivity index (χ0n) is 13.1. The second-order valence-electron chi connectivity index (χ2n) is 5.71. The summed E-state index contributed by atoms with van der Waals surface area (Å²) < 4.78 is 0. The van der Waals surface area contributed by atoms with Crippen molar-refractivity contribution in [3.8, 4) is 11.1 Å². The Labute approximate surface area is 138 Å². The van der Waals surface area contributed by atoms with Gasteiger partial charge < -0.3 is 0 Å². The van der Waals surface area contributed by atoms with E-state index >= 15 is 0 Å². The third-order valence-corrected chi connectivity index (χ3v) is 4.19. The molecule has 0 radical (unpaired) electrons. The molecule has 0 aliphatic heterocycles. The lowest BCUT2D eigenvalue weighted by Gasteiger charge is -2.05. The minimum atomic E-state index is -0.412. The van der Waals surface area contributed by atoms with E-state index in [4.69, 9.17) is 11.6 Å². The van der Waals surface area contributed by atoms with Crippen molar-refractivity contribution in [3.05, 3.63) is 59.7 Å². The molecule has 116 valence electrons. The number of benzene rings is 2. The summed E-state index contributed by atoms with van der Waals surface area (Å²) in [6.45, 7) is 2.24. The summed E-state index contributed by atoms with van der Waals surface area (Å²) in [6.07, 6.45) is 7.74. The lowest BCUT2D eigenvalue weighted by molar-refractivity contribution is 0.108. The lowest BCUT2D eigenvalue weighted by Crippen LogP contribution is -1.89. The first kappa shape index (κ1) is 16.8. The Hall–Kier alpha value is -1.60. The second kappa shape index (κ2) is 8.75. The first-order valence-electron chi connectivity index (χ1n) is 8.10. The van der Waals surface area contributed by atoms with Crippen LogP contribution >= 0.6 is 11.6 Å². The molecule has 0 aromatic heterocycles. The third-order valence-electron chi connectivity index (χ3n) is 3.97. The highest BCUT2D eigenvalue weighted by molar-refractivity contribution is 6.67. The van der Waals surface area contributed by atoms with Crippen molar-refractivity contribution in [1.82, 2.24) is 0 Å². The van der Waals surface area contributed by atoms with Gasteiger partial charge in [-0.2, -0.15) is 0 Å². The number of carbonyl (C=O) groups excluding carboxylic acids is 1.